The van der Waals surface area contributed by atoms with Crippen LogP contribution in [0.1, 0.15) is 169 Å². The summed E-state index contributed by atoms with van der Waals surface area (Å²) in [4.78, 5) is 27.9. The largest absolute Gasteiger partial charge is 0.484 e. The van der Waals surface area contributed by atoms with Crippen molar-refractivity contribution in [2.45, 2.75) is 217 Å². The first-order chi connectivity index (χ1) is 52.2. The quantitative estimate of drug-likeness (QED) is 0.0429. The first kappa shape index (κ1) is 107. The fourth-order valence-corrected chi connectivity index (χ4v) is 60.0. The van der Waals surface area contributed by atoms with Gasteiger partial charge in [-0.05, 0) is 157 Å². The summed E-state index contributed by atoms with van der Waals surface area (Å²) in [5, 5.41) is 0. The molecule has 3 fully saturated rings. The SMILES string of the molecule is CC(C)CCOCCCSCC[Si]1O[Si](CCSCCOCCC(C)C)O[Si]2(CCSCCOCCC(C)C)O[Si](CCSCCOCCC(C)C)(O1)O[Si]1(CCSCCOCCC(C)C)O[Si](O)(CCSCCOCCC(C)C)O[Si](O)(CCSCCOCCC(C)C)O[Si](CCSCCOCCC(C)C)(O2)O1. The molecule has 0 aromatic carbocycles. The van der Waals surface area contributed by atoms with E-state index in [0.29, 0.717) is 222 Å². The van der Waals surface area contributed by atoms with Crippen LogP contribution in [-0.2, 0) is 79.0 Å². The van der Waals surface area contributed by atoms with E-state index in [-0.39, 0.29) is 24.2 Å². The van der Waals surface area contributed by atoms with Crippen LogP contribution in [-0.4, -0.2) is 279 Å². The molecule has 0 spiro atoms. The topological polar surface area (TPSA) is 207 Å². The molecule has 0 aromatic heterocycles. The number of hydrogen-bond donors (Lipinski definition) is 2. The second kappa shape index (κ2) is 65.4. The van der Waals surface area contributed by atoms with E-state index in [9.17, 15) is 9.59 Å². The van der Waals surface area contributed by atoms with Crippen LogP contribution in [0, 0.1) is 47.3 Å². The van der Waals surface area contributed by atoms with Gasteiger partial charge in [0.25, 0.3) is 0 Å². The van der Waals surface area contributed by atoms with Crippen LogP contribution in [0.25, 0.3) is 0 Å². The Morgan fingerprint density at radius 1 is 0.239 bits per heavy atom. The molecule has 36 heteroatoms. The summed E-state index contributed by atoms with van der Waals surface area (Å²) < 4.78 is 129. The highest BCUT2D eigenvalue weighted by Crippen LogP contribution is 2.47. The minimum atomic E-state index is -4.64. The lowest BCUT2D eigenvalue weighted by atomic mass is 10.1. The van der Waals surface area contributed by atoms with E-state index in [2.05, 4.69) is 111 Å². The molecule has 2 N–H and O–H groups in total. The van der Waals surface area contributed by atoms with Crippen molar-refractivity contribution in [1.82, 2.24) is 0 Å². The van der Waals surface area contributed by atoms with Crippen molar-refractivity contribution in [2.75, 3.05) is 198 Å². The summed E-state index contributed by atoms with van der Waals surface area (Å²) in [6.07, 6.45) is 8.90. The standard InChI is InChI=1S/C73H156O20S8Si8/c1-66(2)18-27-76-26-17-42-94-50-58-102-84-103(59-51-95-43-35-77-28-19-67(3)4)86-107(63-55-99-47-39-81-32-23-71(11)12)90-106(85-102,62-54-98-46-38-80-31-22-70(9)10)91-108(64-56-100-48-40-82-33-24-72(13)14)88-104(74,60-52-96-44-36-78-29-20-68(5)6)87-105(75,61-53-97-45-37-79-30-21-69(7)8)89-109(92-107,93-108)65-57-101-49-41-83-34-25-73(15)16/h66-75H,17-65H2,1-16H3. The zero-order valence-electron chi connectivity index (χ0n) is 70.8. The summed E-state index contributed by atoms with van der Waals surface area (Å²) in [5.41, 5.74) is 0. The second-order valence-electron chi connectivity index (χ2n) is 31.5. The van der Waals surface area contributed by atoms with Crippen LogP contribution in [0.15, 0.2) is 0 Å². The Kier molecular flexibility index (Phi) is 64.2. The maximum atomic E-state index is 13.9. The summed E-state index contributed by atoms with van der Waals surface area (Å²) in [6, 6.07) is 2.58. The molecular weight excluding hydrogens is 1680 g/mol. The van der Waals surface area contributed by atoms with Crippen LogP contribution in [0.5, 0.6) is 0 Å². The van der Waals surface area contributed by atoms with Crippen molar-refractivity contribution < 1.29 is 88.6 Å². The molecular formula is C73H156O20S8Si8. The fourth-order valence-electron chi connectivity index (χ4n) is 10.3. The fraction of sp³-hybridized carbons (Fsp3) is 1.00. The molecule has 109 heavy (non-hydrogen) atoms. The molecule has 0 aliphatic carbocycles. The van der Waals surface area contributed by atoms with E-state index >= 15 is 0 Å². The van der Waals surface area contributed by atoms with Crippen molar-refractivity contribution >= 4 is 165 Å². The van der Waals surface area contributed by atoms with Gasteiger partial charge in [-0.15, -0.1) is 0 Å². The van der Waals surface area contributed by atoms with Crippen LogP contribution in [0.3, 0.4) is 0 Å². The minimum Gasteiger partial charge on any atom is -0.414 e. The van der Waals surface area contributed by atoms with E-state index in [0.717, 1.165) is 106 Å². The van der Waals surface area contributed by atoms with Gasteiger partial charge in [-0.1, -0.05) is 111 Å². The van der Waals surface area contributed by atoms with Crippen molar-refractivity contribution in [3.63, 3.8) is 0 Å². The van der Waals surface area contributed by atoms with Crippen molar-refractivity contribution in [2.24, 2.45) is 47.3 Å². The average Bonchev–Trinajstić information content (AvgIpc) is 0.723. The molecule has 3 heterocycles. The van der Waals surface area contributed by atoms with Crippen LogP contribution < -0.4 is 0 Å². The van der Waals surface area contributed by atoms with E-state index in [4.69, 9.17) is 79.0 Å². The Morgan fingerprint density at radius 3 is 0.734 bits per heavy atom. The lowest BCUT2D eigenvalue weighted by molar-refractivity contribution is 0.0313. The van der Waals surface area contributed by atoms with Crippen LogP contribution >= 0.6 is 94.1 Å². The van der Waals surface area contributed by atoms with E-state index in [1.165, 1.54) is 0 Å². The molecule has 0 amide bonds. The number of thioether (sulfide) groups is 8. The van der Waals surface area contributed by atoms with Crippen molar-refractivity contribution in [3.05, 3.63) is 0 Å². The van der Waals surface area contributed by atoms with Gasteiger partial charge < -0.3 is 88.6 Å². The summed E-state index contributed by atoms with van der Waals surface area (Å²) >= 11 is 14.1. The van der Waals surface area contributed by atoms with Crippen molar-refractivity contribution in [3.8, 4) is 0 Å². The summed E-state index contributed by atoms with van der Waals surface area (Å²) in [5.74, 6) is 15.1. The highest BCUT2D eigenvalue weighted by molar-refractivity contribution is 8.00. The highest BCUT2D eigenvalue weighted by atomic mass is 32.2. The minimum absolute atomic E-state index is 0.0915. The first-order valence-corrected chi connectivity index (χ1v) is 65.6. The lowest BCUT2D eigenvalue weighted by Crippen LogP contribution is -2.80. The monoisotopic (exact) mass is 1830 g/mol. The van der Waals surface area contributed by atoms with Gasteiger partial charge in [-0.2, -0.15) is 94.1 Å². The molecule has 0 saturated carbocycles. The molecule has 0 aromatic rings. The van der Waals surface area contributed by atoms with Crippen LogP contribution in [0.2, 0.25) is 48.4 Å². The van der Waals surface area contributed by atoms with Gasteiger partial charge in [0.15, 0.2) is 0 Å². The molecule has 4 bridgehead atoms. The molecule has 3 saturated heterocycles. The number of rotatable bonds is 73. The molecule has 3 aliphatic heterocycles. The normalized spacial score (nSPS) is 23.4. The third kappa shape index (κ3) is 56.2. The van der Waals surface area contributed by atoms with Gasteiger partial charge in [0.2, 0.25) is 0 Å². The average molecular weight is 1840 g/mol. The molecule has 20 nitrogen and oxygen atoms in total. The van der Waals surface area contributed by atoms with Gasteiger partial charge in [-0.3, -0.25) is 0 Å². The summed E-state index contributed by atoms with van der Waals surface area (Å²) in [6.45, 7) is 46.0. The maximum absolute atomic E-state index is 13.9. The van der Waals surface area contributed by atoms with Gasteiger partial charge in [0.05, 0.1) is 46.2 Å². The van der Waals surface area contributed by atoms with Gasteiger partial charge in [-0.25, -0.2) is 0 Å². The zero-order chi connectivity index (χ0) is 79.8. The number of hydrogen-bond acceptors (Lipinski definition) is 28. The van der Waals surface area contributed by atoms with Crippen LogP contribution in [0.4, 0.5) is 0 Å². The molecule has 6 unspecified atom stereocenters. The Morgan fingerprint density at radius 2 is 0.459 bits per heavy atom. The third-order valence-corrected chi connectivity index (χ3v) is 57.9. The van der Waals surface area contributed by atoms with E-state index in [1.807, 2.05) is 23.5 Å². The lowest BCUT2D eigenvalue weighted by Gasteiger charge is -2.55. The molecule has 3 aliphatic rings. The molecule has 2 radical (unpaired) electrons. The second-order valence-corrected chi connectivity index (χ2v) is 63.3. The zero-order valence-corrected chi connectivity index (χ0v) is 85.3. The Labute approximate surface area is 710 Å². The smallest absolute Gasteiger partial charge is 0.414 e. The maximum Gasteiger partial charge on any atom is 0.484 e. The van der Waals surface area contributed by atoms with E-state index in [1.54, 1.807) is 70.6 Å². The van der Waals surface area contributed by atoms with Gasteiger partial charge in [0, 0.05) is 148 Å². The van der Waals surface area contributed by atoms with Gasteiger partial charge in [0.1, 0.15) is 0 Å². The number of fused-ring (bicyclic) bond motifs is 4. The molecule has 6 atom stereocenters. The van der Waals surface area contributed by atoms with Crippen molar-refractivity contribution in [1.29, 1.82) is 0 Å². The Hall–Kier alpha value is 3.74. The molecule has 3 rings (SSSR count). The number of ether oxygens (including phenoxy) is 8. The Bertz CT molecular complexity index is 2070. The summed E-state index contributed by atoms with van der Waals surface area (Å²) in [7, 11) is -31.6. The predicted molar refractivity (Wildman–Crippen MR) is 485 cm³/mol. The molecule has 648 valence electrons. The predicted octanol–water partition coefficient (Wildman–Crippen LogP) is 17.5. The first-order valence-electron chi connectivity index (χ1n) is 41.6. The van der Waals surface area contributed by atoms with Gasteiger partial charge >= 0.3 is 71.4 Å². The Balaban J connectivity index is 2.49. The van der Waals surface area contributed by atoms with E-state index < -0.39 is 71.4 Å². The third-order valence-electron chi connectivity index (χ3n) is 17.1. The highest BCUT2D eigenvalue weighted by Gasteiger charge is 2.74.